The monoisotopic (exact) mass is 378 g/mol. The number of ether oxygens (including phenoxy) is 2. The number of rotatable bonds is 5. The standard InChI is InChI=1S/C21H22N4O3/c1-3-17-16(13-23-25(17)20-6-4-5-9-22-20)21(26)24(2)14-15-7-8-18-19(12-15)28-11-10-27-18/h4-9,12-13H,3,10-11,14H2,1-2H3. The lowest BCUT2D eigenvalue weighted by atomic mass is 10.1. The minimum atomic E-state index is -0.0751. The van der Waals surface area contributed by atoms with E-state index in [9.17, 15) is 4.79 Å². The first-order valence-corrected chi connectivity index (χ1v) is 9.29. The van der Waals surface area contributed by atoms with Gasteiger partial charge < -0.3 is 14.4 Å². The first-order chi connectivity index (χ1) is 13.7. The van der Waals surface area contributed by atoms with Crippen molar-refractivity contribution in [3.63, 3.8) is 0 Å². The Morgan fingerprint density at radius 2 is 2.00 bits per heavy atom. The van der Waals surface area contributed by atoms with Gasteiger partial charge >= 0.3 is 0 Å². The van der Waals surface area contributed by atoms with Crippen LogP contribution in [0.1, 0.15) is 28.5 Å². The molecule has 3 heterocycles. The van der Waals surface area contributed by atoms with Gasteiger partial charge in [-0.05, 0) is 36.2 Å². The number of aromatic nitrogens is 3. The number of pyridine rings is 1. The third-order valence-electron chi connectivity index (χ3n) is 4.67. The first-order valence-electron chi connectivity index (χ1n) is 9.29. The van der Waals surface area contributed by atoms with Crippen LogP contribution in [-0.2, 0) is 13.0 Å². The molecule has 0 radical (unpaired) electrons. The SMILES string of the molecule is CCc1c(C(=O)N(C)Cc2ccc3c(c2)OCCO3)cnn1-c1ccccn1. The molecule has 1 amide bonds. The van der Waals surface area contributed by atoms with Crippen LogP contribution in [0.4, 0.5) is 0 Å². The normalized spacial score (nSPS) is 12.6. The third kappa shape index (κ3) is 3.43. The minimum absolute atomic E-state index is 0.0751. The van der Waals surface area contributed by atoms with Gasteiger partial charge in [0.15, 0.2) is 17.3 Å². The van der Waals surface area contributed by atoms with Crippen LogP contribution in [0.5, 0.6) is 11.5 Å². The molecular formula is C21H22N4O3. The summed E-state index contributed by atoms with van der Waals surface area (Å²) in [6.45, 7) is 3.57. The van der Waals surface area contributed by atoms with E-state index in [1.165, 1.54) is 0 Å². The molecule has 0 N–H and O–H groups in total. The molecule has 0 unspecified atom stereocenters. The van der Waals surface area contributed by atoms with Crippen LogP contribution < -0.4 is 9.47 Å². The van der Waals surface area contributed by atoms with E-state index in [0.717, 1.165) is 22.8 Å². The summed E-state index contributed by atoms with van der Waals surface area (Å²) in [6, 6.07) is 11.4. The lowest BCUT2D eigenvalue weighted by Gasteiger charge is -2.21. The molecule has 0 fully saturated rings. The van der Waals surface area contributed by atoms with Crippen molar-refractivity contribution < 1.29 is 14.3 Å². The molecule has 2 aromatic heterocycles. The molecule has 0 atom stereocenters. The largest absolute Gasteiger partial charge is 0.486 e. The van der Waals surface area contributed by atoms with E-state index in [-0.39, 0.29) is 5.91 Å². The summed E-state index contributed by atoms with van der Waals surface area (Å²) in [4.78, 5) is 19.1. The summed E-state index contributed by atoms with van der Waals surface area (Å²) < 4.78 is 12.9. The van der Waals surface area contributed by atoms with Gasteiger partial charge in [0.2, 0.25) is 0 Å². The van der Waals surface area contributed by atoms with Crippen LogP contribution in [0, 0.1) is 0 Å². The molecular weight excluding hydrogens is 356 g/mol. The van der Waals surface area contributed by atoms with Gasteiger partial charge in [-0.3, -0.25) is 4.79 Å². The number of nitrogens with zero attached hydrogens (tertiary/aromatic N) is 4. The van der Waals surface area contributed by atoms with Crippen molar-refractivity contribution in [1.82, 2.24) is 19.7 Å². The van der Waals surface area contributed by atoms with E-state index < -0.39 is 0 Å². The van der Waals surface area contributed by atoms with Crippen molar-refractivity contribution >= 4 is 5.91 Å². The molecule has 0 spiro atoms. The summed E-state index contributed by atoms with van der Waals surface area (Å²) in [6.07, 6.45) is 4.01. The first kappa shape index (κ1) is 18.0. The molecule has 7 heteroatoms. The predicted octanol–water partition coefficient (Wildman–Crippen LogP) is 2.87. The number of hydrogen-bond acceptors (Lipinski definition) is 5. The summed E-state index contributed by atoms with van der Waals surface area (Å²) >= 11 is 0. The smallest absolute Gasteiger partial charge is 0.257 e. The number of benzene rings is 1. The highest BCUT2D eigenvalue weighted by Crippen LogP contribution is 2.31. The molecule has 0 aliphatic carbocycles. The highest BCUT2D eigenvalue weighted by atomic mass is 16.6. The average Bonchev–Trinajstić information content (AvgIpc) is 3.17. The van der Waals surface area contributed by atoms with Crippen LogP contribution in [-0.4, -0.2) is 45.8 Å². The van der Waals surface area contributed by atoms with Crippen molar-refractivity contribution in [2.75, 3.05) is 20.3 Å². The van der Waals surface area contributed by atoms with Crippen molar-refractivity contribution in [3.8, 4) is 17.3 Å². The van der Waals surface area contributed by atoms with Crippen LogP contribution in [0.2, 0.25) is 0 Å². The second-order valence-electron chi connectivity index (χ2n) is 6.60. The molecule has 1 aromatic carbocycles. The Balaban J connectivity index is 1.55. The molecule has 1 aliphatic rings. The molecule has 0 saturated heterocycles. The van der Waals surface area contributed by atoms with E-state index in [0.29, 0.717) is 37.6 Å². The predicted molar refractivity (Wildman–Crippen MR) is 104 cm³/mol. The Kier molecular flexibility index (Phi) is 4.97. The number of carbonyl (C=O) groups excluding carboxylic acids is 1. The quantitative estimate of drug-likeness (QED) is 0.683. The zero-order chi connectivity index (χ0) is 19.5. The maximum absolute atomic E-state index is 13.1. The minimum Gasteiger partial charge on any atom is -0.486 e. The van der Waals surface area contributed by atoms with Crippen molar-refractivity contribution in [3.05, 3.63) is 65.6 Å². The van der Waals surface area contributed by atoms with Gasteiger partial charge in [-0.2, -0.15) is 5.10 Å². The van der Waals surface area contributed by atoms with Crippen molar-refractivity contribution in [1.29, 1.82) is 0 Å². The maximum Gasteiger partial charge on any atom is 0.257 e. The number of carbonyl (C=O) groups is 1. The summed E-state index contributed by atoms with van der Waals surface area (Å²) in [7, 11) is 1.79. The highest BCUT2D eigenvalue weighted by molar-refractivity contribution is 5.95. The van der Waals surface area contributed by atoms with Crippen molar-refractivity contribution in [2.45, 2.75) is 19.9 Å². The van der Waals surface area contributed by atoms with E-state index in [4.69, 9.17) is 9.47 Å². The fourth-order valence-electron chi connectivity index (χ4n) is 3.31. The molecule has 28 heavy (non-hydrogen) atoms. The second kappa shape index (κ2) is 7.72. The average molecular weight is 378 g/mol. The van der Waals surface area contributed by atoms with Gasteiger partial charge in [0, 0.05) is 19.8 Å². The van der Waals surface area contributed by atoms with E-state index in [2.05, 4.69) is 10.1 Å². The molecule has 7 nitrogen and oxygen atoms in total. The van der Waals surface area contributed by atoms with Gasteiger partial charge in [0.05, 0.1) is 17.5 Å². The van der Waals surface area contributed by atoms with Crippen molar-refractivity contribution in [2.24, 2.45) is 0 Å². The Morgan fingerprint density at radius 3 is 2.75 bits per heavy atom. The molecule has 1 aliphatic heterocycles. The zero-order valence-corrected chi connectivity index (χ0v) is 16.0. The molecule has 4 rings (SSSR count). The van der Waals surface area contributed by atoms with Gasteiger partial charge in [-0.25, -0.2) is 9.67 Å². The van der Waals surface area contributed by atoms with Gasteiger partial charge in [-0.1, -0.05) is 19.1 Å². The zero-order valence-electron chi connectivity index (χ0n) is 16.0. The second-order valence-corrected chi connectivity index (χ2v) is 6.60. The molecule has 0 saturated carbocycles. The summed E-state index contributed by atoms with van der Waals surface area (Å²) in [5, 5.41) is 4.40. The maximum atomic E-state index is 13.1. The summed E-state index contributed by atoms with van der Waals surface area (Å²) in [5.74, 6) is 2.09. The van der Waals surface area contributed by atoms with Crippen LogP contribution in [0.3, 0.4) is 0 Å². The van der Waals surface area contributed by atoms with Gasteiger partial charge in [-0.15, -0.1) is 0 Å². The number of amides is 1. The topological polar surface area (TPSA) is 69.5 Å². The Bertz CT molecular complexity index is 985. The highest BCUT2D eigenvalue weighted by Gasteiger charge is 2.21. The summed E-state index contributed by atoms with van der Waals surface area (Å²) in [5.41, 5.74) is 2.42. The number of hydrogen-bond donors (Lipinski definition) is 0. The van der Waals surface area contributed by atoms with Crippen LogP contribution in [0.15, 0.2) is 48.8 Å². The molecule has 3 aromatic rings. The third-order valence-corrected chi connectivity index (χ3v) is 4.67. The van der Waals surface area contributed by atoms with Crippen LogP contribution in [0.25, 0.3) is 5.82 Å². The van der Waals surface area contributed by atoms with Crippen LogP contribution >= 0.6 is 0 Å². The van der Waals surface area contributed by atoms with E-state index in [1.54, 1.807) is 29.0 Å². The van der Waals surface area contributed by atoms with Gasteiger partial charge in [0.1, 0.15) is 13.2 Å². The van der Waals surface area contributed by atoms with Gasteiger partial charge in [0.25, 0.3) is 5.91 Å². The van der Waals surface area contributed by atoms with E-state index in [1.807, 2.05) is 43.3 Å². The number of fused-ring (bicyclic) bond motifs is 1. The lowest BCUT2D eigenvalue weighted by Crippen LogP contribution is -2.27. The Labute approximate surface area is 163 Å². The fraction of sp³-hybridized carbons (Fsp3) is 0.286. The Morgan fingerprint density at radius 1 is 1.18 bits per heavy atom. The molecule has 144 valence electrons. The molecule has 0 bridgehead atoms. The fourth-order valence-corrected chi connectivity index (χ4v) is 3.31. The lowest BCUT2D eigenvalue weighted by molar-refractivity contribution is 0.0783. The van der Waals surface area contributed by atoms with E-state index >= 15 is 0 Å². The Hall–Kier alpha value is -3.35.